The fourth-order valence-corrected chi connectivity index (χ4v) is 3.64. The zero-order chi connectivity index (χ0) is 18.9. The monoisotopic (exact) mass is 377 g/mol. The first-order valence-corrected chi connectivity index (χ1v) is 9.41. The summed E-state index contributed by atoms with van der Waals surface area (Å²) in [6, 6.07) is 5.64. The van der Waals surface area contributed by atoms with E-state index in [0.717, 1.165) is 6.07 Å². The summed E-state index contributed by atoms with van der Waals surface area (Å²) in [5.74, 6) is -1.88. The van der Waals surface area contributed by atoms with Crippen molar-refractivity contribution in [2.75, 3.05) is 10.5 Å². The van der Waals surface area contributed by atoms with Gasteiger partial charge in [-0.25, -0.2) is 22.8 Å². The molecule has 26 heavy (non-hydrogen) atoms. The van der Waals surface area contributed by atoms with Gasteiger partial charge in [0.05, 0.1) is 17.1 Å². The Morgan fingerprint density at radius 2 is 2.08 bits per heavy atom. The summed E-state index contributed by atoms with van der Waals surface area (Å²) in [6.45, 7) is 1.71. The normalized spacial score (nSPS) is 11.6. The van der Waals surface area contributed by atoms with Gasteiger partial charge in [-0.2, -0.15) is 0 Å². The molecular formula is C16H16FN5O3S. The van der Waals surface area contributed by atoms with E-state index in [1.807, 2.05) is 0 Å². The van der Waals surface area contributed by atoms with E-state index in [9.17, 15) is 17.6 Å². The first kappa shape index (κ1) is 17.8. The van der Waals surface area contributed by atoms with Gasteiger partial charge < -0.3 is 10.7 Å². The minimum Gasteiger partial charge on any atom is -0.363 e. The maximum atomic E-state index is 14.4. The van der Waals surface area contributed by atoms with Gasteiger partial charge in [-0.3, -0.25) is 9.52 Å². The van der Waals surface area contributed by atoms with Crippen LogP contribution >= 0.6 is 0 Å². The van der Waals surface area contributed by atoms with Crippen molar-refractivity contribution in [3.63, 3.8) is 0 Å². The number of nitrogens with one attached hydrogen (secondary N) is 2. The van der Waals surface area contributed by atoms with Gasteiger partial charge in [0.1, 0.15) is 11.5 Å². The first-order valence-electron chi connectivity index (χ1n) is 7.76. The molecule has 2 heterocycles. The smallest absolute Gasteiger partial charge is 0.286 e. The summed E-state index contributed by atoms with van der Waals surface area (Å²) >= 11 is 0. The molecule has 1 amide bonds. The number of sulfonamides is 1. The lowest BCUT2D eigenvalue weighted by Crippen LogP contribution is -2.17. The molecule has 0 radical (unpaired) electrons. The Bertz CT molecular complexity index is 1090. The highest BCUT2D eigenvalue weighted by Gasteiger charge is 2.17. The molecule has 0 unspecified atom stereocenters. The Kier molecular flexibility index (Phi) is 4.60. The molecule has 0 aliphatic heterocycles. The Labute approximate surface area is 148 Å². The van der Waals surface area contributed by atoms with Crippen LogP contribution in [0, 0.1) is 5.82 Å². The standard InChI is InChI=1S/C16H16FN5O3S/c1-2-7-26(24,25)22-12-4-3-9(8-11(12)17)13-10-5-6-19-15(10)21-16(20-13)14(18)23/h3-6,8,22H,2,7H2,1H3,(H2,18,23)(H,19,20,21). The van der Waals surface area contributed by atoms with Gasteiger partial charge in [-0.1, -0.05) is 13.0 Å². The van der Waals surface area contributed by atoms with Gasteiger partial charge in [-0.15, -0.1) is 0 Å². The number of H-pyrrole nitrogens is 1. The lowest BCUT2D eigenvalue weighted by molar-refractivity contribution is 0.0991. The third-order valence-electron chi connectivity index (χ3n) is 3.62. The van der Waals surface area contributed by atoms with Crippen LogP contribution in [0.3, 0.4) is 0 Å². The SMILES string of the molecule is CCCS(=O)(=O)Nc1ccc(-c2nc(C(N)=O)nc3[nH]ccc23)cc1F. The quantitative estimate of drug-likeness (QED) is 0.605. The largest absolute Gasteiger partial charge is 0.363 e. The molecule has 4 N–H and O–H groups in total. The minimum atomic E-state index is -3.61. The van der Waals surface area contributed by atoms with Crippen molar-refractivity contribution in [2.24, 2.45) is 5.73 Å². The predicted octanol–water partition coefficient (Wildman–Crippen LogP) is 2.01. The zero-order valence-corrected chi connectivity index (χ0v) is 14.6. The van der Waals surface area contributed by atoms with Crippen LogP contribution in [-0.4, -0.2) is 35.0 Å². The van der Waals surface area contributed by atoms with Crippen LogP contribution in [0.1, 0.15) is 24.0 Å². The fraction of sp³-hybridized carbons (Fsp3) is 0.188. The maximum absolute atomic E-state index is 14.4. The van der Waals surface area contributed by atoms with Gasteiger partial charge >= 0.3 is 0 Å². The highest BCUT2D eigenvalue weighted by molar-refractivity contribution is 7.92. The minimum absolute atomic E-state index is 0.105. The number of aromatic nitrogens is 3. The van der Waals surface area contributed by atoms with Crippen molar-refractivity contribution in [3.05, 3.63) is 42.1 Å². The number of aromatic amines is 1. The Balaban J connectivity index is 2.06. The van der Waals surface area contributed by atoms with Crippen LogP contribution in [0.15, 0.2) is 30.5 Å². The van der Waals surface area contributed by atoms with E-state index in [4.69, 9.17) is 5.73 Å². The Hall–Kier alpha value is -3.01. The average Bonchev–Trinajstić information content (AvgIpc) is 3.04. The van der Waals surface area contributed by atoms with Crippen LogP contribution < -0.4 is 10.5 Å². The maximum Gasteiger partial charge on any atom is 0.286 e. The molecule has 3 rings (SSSR count). The molecule has 2 aromatic heterocycles. The molecule has 0 saturated heterocycles. The van der Waals surface area contributed by atoms with Gasteiger partial charge in [0.25, 0.3) is 5.91 Å². The second-order valence-electron chi connectivity index (χ2n) is 5.62. The van der Waals surface area contributed by atoms with E-state index >= 15 is 0 Å². The summed E-state index contributed by atoms with van der Waals surface area (Å²) in [6.07, 6.45) is 2.02. The van der Waals surface area contributed by atoms with Crippen LogP contribution in [0.4, 0.5) is 10.1 Å². The molecule has 8 nitrogen and oxygen atoms in total. The van der Waals surface area contributed by atoms with Gasteiger partial charge in [0.15, 0.2) is 0 Å². The molecular weight excluding hydrogens is 361 g/mol. The summed E-state index contributed by atoms with van der Waals surface area (Å²) in [5.41, 5.74) is 6.14. The van der Waals surface area contributed by atoms with E-state index in [1.54, 1.807) is 19.2 Å². The number of primary amides is 1. The summed E-state index contributed by atoms with van der Waals surface area (Å²) < 4.78 is 40.3. The fourth-order valence-electron chi connectivity index (χ4n) is 2.50. The zero-order valence-electron chi connectivity index (χ0n) is 13.8. The second-order valence-corrected chi connectivity index (χ2v) is 7.46. The third-order valence-corrected chi connectivity index (χ3v) is 5.09. The number of rotatable bonds is 6. The number of halogens is 1. The van der Waals surface area contributed by atoms with Crippen LogP contribution in [0.5, 0.6) is 0 Å². The molecule has 0 atom stereocenters. The lowest BCUT2D eigenvalue weighted by Gasteiger charge is -2.10. The molecule has 0 spiro atoms. The first-order chi connectivity index (χ1) is 12.3. The van der Waals surface area contributed by atoms with E-state index in [1.165, 1.54) is 12.1 Å². The number of nitrogens with two attached hydrogens (primary N) is 1. The molecule has 136 valence electrons. The van der Waals surface area contributed by atoms with Crippen LogP contribution in [0.25, 0.3) is 22.3 Å². The number of benzene rings is 1. The summed E-state index contributed by atoms with van der Waals surface area (Å²) in [7, 11) is -3.61. The Morgan fingerprint density at radius 3 is 2.73 bits per heavy atom. The second kappa shape index (κ2) is 6.71. The molecule has 0 aliphatic carbocycles. The Morgan fingerprint density at radius 1 is 1.31 bits per heavy atom. The van der Waals surface area contributed by atoms with Crippen LogP contribution in [-0.2, 0) is 10.0 Å². The van der Waals surface area contributed by atoms with Crippen molar-refractivity contribution in [2.45, 2.75) is 13.3 Å². The number of carbonyl (C=O) groups excluding carboxylic acids is 1. The highest BCUT2D eigenvalue weighted by Crippen LogP contribution is 2.28. The number of fused-ring (bicyclic) bond motifs is 1. The molecule has 0 saturated carbocycles. The average molecular weight is 377 g/mol. The third kappa shape index (κ3) is 3.49. The van der Waals surface area contributed by atoms with Crippen molar-refractivity contribution in [1.29, 1.82) is 0 Å². The predicted molar refractivity (Wildman–Crippen MR) is 95.5 cm³/mol. The van der Waals surface area contributed by atoms with Gasteiger partial charge in [0.2, 0.25) is 15.8 Å². The van der Waals surface area contributed by atoms with E-state index in [-0.39, 0.29) is 17.3 Å². The molecule has 10 heteroatoms. The van der Waals surface area contributed by atoms with Gasteiger partial charge in [0, 0.05) is 17.1 Å². The topological polar surface area (TPSA) is 131 Å². The number of nitrogens with zero attached hydrogens (tertiary/aromatic N) is 2. The van der Waals surface area contributed by atoms with E-state index in [2.05, 4.69) is 19.7 Å². The molecule has 0 aliphatic rings. The number of anilines is 1. The van der Waals surface area contributed by atoms with Crippen molar-refractivity contribution in [3.8, 4) is 11.3 Å². The van der Waals surface area contributed by atoms with Crippen molar-refractivity contribution in [1.82, 2.24) is 15.0 Å². The lowest BCUT2D eigenvalue weighted by atomic mass is 10.1. The number of carbonyl (C=O) groups is 1. The molecule has 0 bridgehead atoms. The van der Waals surface area contributed by atoms with Crippen LogP contribution in [0.2, 0.25) is 0 Å². The van der Waals surface area contributed by atoms with Gasteiger partial charge in [-0.05, 0) is 24.6 Å². The molecule has 1 aromatic carbocycles. The van der Waals surface area contributed by atoms with E-state index < -0.39 is 21.7 Å². The number of hydrogen-bond donors (Lipinski definition) is 3. The summed E-state index contributed by atoms with van der Waals surface area (Å²) in [5, 5.41) is 0.578. The number of amides is 1. The highest BCUT2D eigenvalue weighted by atomic mass is 32.2. The molecule has 0 fully saturated rings. The number of hydrogen-bond acceptors (Lipinski definition) is 5. The van der Waals surface area contributed by atoms with E-state index in [0.29, 0.717) is 28.7 Å². The molecule has 3 aromatic rings. The van der Waals surface area contributed by atoms with Crippen molar-refractivity contribution >= 4 is 32.7 Å². The van der Waals surface area contributed by atoms with Crippen molar-refractivity contribution < 1.29 is 17.6 Å². The summed E-state index contributed by atoms with van der Waals surface area (Å²) in [4.78, 5) is 22.4.